The first-order valence-corrected chi connectivity index (χ1v) is 10.2. The van der Waals surface area contributed by atoms with Gasteiger partial charge < -0.3 is 9.47 Å². The highest BCUT2D eigenvalue weighted by molar-refractivity contribution is 5.78. The van der Waals surface area contributed by atoms with Crippen LogP contribution < -0.4 is 10.5 Å². The van der Waals surface area contributed by atoms with Crippen molar-refractivity contribution in [2.45, 2.75) is 6.54 Å². The minimum absolute atomic E-state index is 0.0933. The number of para-hydroxylation sites is 2. The summed E-state index contributed by atoms with van der Waals surface area (Å²) in [6.45, 7) is 5.01. The predicted octanol–water partition coefficient (Wildman–Crippen LogP) is 1.14. The predicted molar refractivity (Wildman–Crippen MR) is 115 cm³/mol. The average molecular weight is 404 g/mol. The van der Waals surface area contributed by atoms with Crippen LogP contribution >= 0.6 is 0 Å². The zero-order chi connectivity index (χ0) is 20.5. The maximum atomic E-state index is 12.2. The van der Waals surface area contributed by atoms with Crippen LogP contribution in [0.1, 0.15) is 0 Å². The number of hydrogen-bond acceptors (Lipinski definition) is 6. The quantitative estimate of drug-likeness (QED) is 0.496. The second-order valence-corrected chi connectivity index (χ2v) is 7.49. The molecule has 4 aromatic rings. The minimum atomic E-state index is -0.0933. The topological polar surface area (TPSA) is 77.0 Å². The summed E-state index contributed by atoms with van der Waals surface area (Å²) < 4.78 is 5.34. The van der Waals surface area contributed by atoms with Gasteiger partial charge in [-0.1, -0.05) is 12.1 Å². The fourth-order valence-corrected chi connectivity index (χ4v) is 3.95. The molecular formula is C21H24N8O. The summed E-state index contributed by atoms with van der Waals surface area (Å²) in [6.07, 6.45) is 3.51. The first kappa shape index (κ1) is 18.6. The Bertz CT molecular complexity index is 1200. The molecule has 0 spiro atoms. The van der Waals surface area contributed by atoms with Crippen LogP contribution in [0.25, 0.3) is 16.9 Å². The number of fused-ring (bicyclic) bond motifs is 1. The molecule has 1 aliphatic rings. The molecule has 1 aromatic carbocycles. The highest BCUT2D eigenvalue weighted by Gasteiger charge is 2.21. The lowest BCUT2D eigenvalue weighted by Gasteiger charge is -2.35. The second-order valence-electron chi connectivity index (χ2n) is 7.49. The smallest absolute Gasteiger partial charge is 0.266 e. The van der Waals surface area contributed by atoms with Crippen molar-refractivity contribution in [2.24, 2.45) is 7.05 Å². The summed E-state index contributed by atoms with van der Waals surface area (Å²) in [4.78, 5) is 21.7. The molecule has 9 nitrogen and oxygen atoms in total. The van der Waals surface area contributed by atoms with Gasteiger partial charge in [0.05, 0.1) is 17.6 Å². The molecule has 0 unspecified atom stereocenters. The monoisotopic (exact) mass is 404 g/mol. The van der Waals surface area contributed by atoms with Gasteiger partial charge in [0.15, 0.2) is 5.82 Å². The van der Waals surface area contributed by atoms with Crippen LogP contribution in [0.5, 0.6) is 0 Å². The molecule has 0 saturated carbocycles. The van der Waals surface area contributed by atoms with E-state index in [-0.39, 0.29) is 5.56 Å². The summed E-state index contributed by atoms with van der Waals surface area (Å²) in [6, 6.07) is 13.3. The van der Waals surface area contributed by atoms with Gasteiger partial charge in [0, 0.05) is 58.2 Å². The van der Waals surface area contributed by atoms with Gasteiger partial charge in [0.25, 0.3) is 5.56 Å². The van der Waals surface area contributed by atoms with E-state index in [0.717, 1.165) is 49.7 Å². The Hall–Kier alpha value is -3.46. The molecule has 30 heavy (non-hydrogen) atoms. The molecule has 0 amide bonds. The highest BCUT2D eigenvalue weighted by Crippen LogP contribution is 2.21. The number of benzene rings is 1. The normalized spacial score (nSPS) is 15.2. The van der Waals surface area contributed by atoms with Crippen LogP contribution in [0.15, 0.2) is 59.7 Å². The Kier molecular flexibility index (Phi) is 4.80. The third-order valence-corrected chi connectivity index (χ3v) is 5.64. The van der Waals surface area contributed by atoms with Crippen LogP contribution in [-0.2, 0) is 13.6 Å². The second kappa shape index (κ2) is 7.75. The number of nitrogens with zero attached hydrogens (tertiary/aromatic N) is 8. The van der Waals surface area contributed by atoms with Crippen LogP contribution in [0, 0.1) is 0 Å². The lowest BCUT2D eigenvalue weighted by Crippen LogP contribution is -2.48. The van der Waals surface area contributed by atoms with E-state index in [1.165, 1.54) is 4.68 Å². The Morgan fingerprint density at radius 1 is 0.967 bits per heavy atom. The maximum absolute atomic E-state index is 12.2. The summed E-state index contributed by atoms with van der Waals surface area (Å²) in [5, 5.41) is 8.63. The molecule has 4 heterocycles. The fourth-order valence-electron chi connectivity index (χ4n) is 3.95. The van der Waals surface area contributed by atoms with E-state index >= 15 is 0 Å². The zero-order valence-electron chi connectivity index (χ0n) is 16.9. The molecule has 0 atom stereocenters. The number of piperazine rings is 1. The van der Waals surface area contributed by atoms with Gasteiger partial charge in [0.1, 0.15) is 0 Å². The fraction of sp³-hybridized carbons (Fsp3) is 0.333. The number of hydrogen-bond donors (Lipinski definition) is 0. The van der Waals surface area contributed by atoms with Crippen molar-refractivity contribution in [1.82, 2.24) is 34.0 Å². The highest BCUT2D eigenvalue weighted by atomic mass is 16.1. The first-order chi connectivity index (χ1) is 14.7. The van der Waals surface area contributed by atoms with Gasteiger partial charge in [0.2, 0.25) is 5.95 Å². The van der Waals surface area contributed by atoms with Crippen LogP contribution in [0.2, 0.25) is 0 Å². The molecular weight excluding hydrogens is 380 g/mol. The third kappa shape index (κ3) is 3.48. The largest absolute Gasteiger partial charge is 0.340 e. The number of rotatable bonds is 5. The zero-order valence-corrected chi connectivity index (χ0v) is 16.9. The Morgan fingerprint density at radius 3 is 2.57 bits per heavy atom. The van der Waals surface area contributed by atoms with Crippen molar-refractivity contribution in [2.75, 3.05) is 37.6 Å². The number of aromatic nitrogens is 6. The van der Waals surface area contributed by atoms with E-state index in [1.807, 2.05) is 24.4 Å². The molecule has 3 aromatic heterocycles. The van der Waals surface area contributed by atoms with Crippen molar-refractivity contribution in [3.63, 3.8) is 0 Å². The molecule has 0 N–H and O–H groups in total. The van der Waals surface area contributed by atoms with E-state index in [2.05, 4.69) is 43.7 Å². The van der Waals surface area contributed by atoms with Gasteiger partial charge in [-0.2, -0.15) is 5.10 Å². The van der Waals surface area contributed by atoms with Crippen molar-refractivity contribution in [3.05, 3.63) is 65.2 Å². The molecule has 0 aliphatic carbocycles. The maximum Gasteiger partial charge on any atom is 0.266 e. The van der Waals surface area contributed by atoms with E-state index in [9.17, 15) is 4.79 Å². The molecule has 154 valence electrons. The average Bonchev–Trinajstić information content (AvgIpc) is 3.43. The summed E-state index contributed by atoms with van der Waals surface area (Å²) in [5.74, 6) is 1.66. The SMILES string of the molecule is Cn1c(N2CCN(CCn3nc(-n4cccn4)ccc3=O)CC2)nc2ccccc21. The lowest BCUT2D eigenvalue weighted by molar-refractivity contribution is 0.241. The van der Waals surface area contributed by atoms with E-state index in [1.54, 1.807) is 23.0 Å². The van der Waals surface area contributed by atoms with E-state index < -0.39 is 0 Å². The van der Waals surface area contributed by atoms with Crippen molar-refractivity contribution in [1.29, 1.82) is 0 Å². The van der Waals surface area contributed by atoms with Crippen molar-refractivity contribution in [3.8, 4) is 5.82 Å². The van der Waals surface area contributed by atoms with Crippen molar-refractivity contribution >= 4 is 17.0 Å². The Balaban J connectivity index is 1.22. The van der Waals surface area contributed by atoms with Gasteiger partial charge in [-0.25, -0.2) is 14.3 Å². The third-order valence-electron chi connectivity index (χ3n) is 5.64. The summed E-state index contributed by atoms with van der Waals surface area (Å²) in [7, 11) is 2.07. The molecule has 0 bridgehead atoms. The Labute approximate surface area is 173 Å². The number of aryl methyl sites for hydroxylation is 1. The molecule has 1 aliphatic heterocycles. The first-order valence-electron chi connectivity index (χ1n) is 10.2. The standard InChI is InChI=1S/C21H24N8O/c1-25-18-6-3-2-5-17(18)23-21(25)27-14-11-26(12-15-27)13-16-29-20(30)8-7-19(24-29)28-10-4-9-22-28/h2-10H,11-16H2,1H3. The van der Waals surface area contributed by atoms with Crippen LogP contribution in [-0.4, -0.2) is 66.7 Å². The molecule has 9 heteroatoms. The van der Waals surface area contributed by atoms with E-state index in [4.69, 9.17) is 4.98 Å². The van der Waals surface area contributed by atoms with Gasteiger partial charge in [-0.15, -0.1) is 5.10 Å². The van der Waals surface area contributed by atoms with Crippen LogP contribution in [0.4, 0.5) is 5.95 Å². The summed E-state index contributed by atoms with van der Waals surface area (Å²) in [5.41, 5.74) is 2.08. The lowest BCUT2D eigenvalue weighted by atomic mass is 10.3. The molecule has 1 fully saturated rings. The van der Waals surface area contributed by atoms with Gasteiger partial charge in [-0.3, -0.25) is 9.69 Å². The van der Waals surface area contributed by atoms with Crippen molar-refractivity contribution < 1.29 is 0 Å². The van der Waals surface area contributed by atoms with Gasteiger partial charge in [-0.05, 0) is 24.3 Å². The molecule has 0 radical (unpaired) electrons. The van der Waals surface area contributed by atoms with Crippen LogP contribution in [0.3, 0.4) is 0 Å². The Morgan fingerprint density at radius 2 is 1.80 bits per heavy atom. The molecule has 5 rings (SSSR count). The molecule has 1 saturated heterocycles. The number of imidazole rings is 1. The minimum Gasteiger partial charge on any atom is -0.340 e. The van der Waals surface area contributed by atoms with Gasteiger partial charge >= 0.3 is 0 Å². The van der Waals surface area contributed by atoms with E-state index in [0.29, 0.717) is 12.4 Å². The summed E-state index contributed by atoms with van der Waals surface area (Å²) >= 11 is 0. The number of anilines is 1.